The first kappa shape index (κ1) is 11.8. The molecule has 0 fully saturated rings. The Bertz CT molecular complexity index is 486. The minimum atomic E-state index is 0.0361. The molecule has 2 aromatic heterocycles. The van der Waals surface area contributed by atoms with Crippen LogP contribution in [0.2, 0.25) is 0 Å². The van der Waals surface area contributed by atoms with Crippen molar-refractivity contribution in [1.82, 2.24) is 9.97 Å². The van der Waals surface area contributed by atoms with Crippen LogP contribution in [0.5, 0.6) is 0 Å². The van der Waals surface area contributed by atoms with Crippen LogP contribution >= 0.6 is 11.8 Å². The van der Waals surface area contributed by atoms with Gasteiger partial charge in [0.05, 0.1) is 12.3 Å². The smallest absolute Gasteiger partial charge is 0.191 e. The Labute approximate surface area is 104 Å². The van der Waals surface area contributed by atoms with E-state index in [1.54, 1.807) is 12.3 Å². The number of hydrogen-bond donors (Lipinski definition) is 2. The van der Waals surface area contributed by atoms with Crippen molar-refractivity contribution in [2.45, 2.75) is 18.1 Å². The van der Waals surface area contributed by atoms with Crippen LogP contribution < -0.4 is 11.1 Å². The largest absolute Gasteiger partial charge is 0.467 e. The topological polar surface area (TPSA) is 77.0 Å². The average Bonchev–Trinajstić information content (AvgIpc) is 2.81. The molecule has 0 spiro atoms. The minimum Gasteiger partial charge on any atom is -0.467 e. The van der Waals surface area contributed by atoms with Crippen LogP contribution in [-0.4, -0.2) is 16.2 Å². The fourth-order valence-corrected chi connectivity index (χ4v) is 1.83. The van der Waals surface area contributed by atoms with Crippen molar-refractivity contribution in [3.8, 4) is 0 Å². The van der Waals surface area contributed by atoms with E-state index in [0.29, 0.717) is 16.8 Å². The molecule has 17 heavy (non-hydrogen) atoms. The molecule has 0 saturated heterocycles. The summed E-state index contributed by atoms with van der Waals surface area (Å²) in [7, 11) is 0. The second-order valence-electron chi connectivity index (χ2n) is 3.55. The first-order valence-corrected chi connectivity index (χ1v) is 6.40. The molecule has 1 atom stereocenters. The molecule has 0 saturated carbocycles. The van der Waals surface area contributed by atoms with E-state index in [1.807, 2.05) is 25.3 Å². The number of anilines is 2. The molecule has 1 unspecified atom stereocenters. The molecule has 6 heteroatoms. The SMILES string of the molecule is CSc1nc(N)cc(NC(C)c2ccco2)n1. The Morgan fingerprint density at radius 1 is 1.47 bits per heavy atom. The van der Waals surface area contributed by atoms with E-state index in [1.165, 1.54) is 11.8 Å². The van der Waals surface area contributed by atoms with Gasteiger partial charge in [-0.25, -0.2) is 9.97 Å². The van der Waals surface area contributed by atoms with Crippen molar-refractivity contribution in [2.24, 2.45) is 0 Å². The molecule has 0 aliphatic rings. The van der Waals surface area contributed by atoms with Gasteiger partial charge in [-0.05, 0) is 25.3 Å². The molecule has 2 aromatic rings. The van der Waals surface area contributed by atoms with Crippen molar-refractivity contribution in [3.05, 3.63) is 30.2 Å². The van der Waals surface area contributed by atoms with E-state index >= 15 is 0 Å². The third-order valence-corrected chi connectivity index (χ3v) is 2.79. The molecule has 5 nitrogen and oxygen atoms in total. The Morgan fingerprint density at radius 2 is 2.29 bits per heavy atom. The fraction of sp³-hybridized carbons (Fsp3) is 0.273. The van der Waals surface area contributed by atoms with E-state index in [4.69, 9.17) is 10.2 Å². The molecule has 90 valence electrons. The number of nitrogens with one attached hydrogen (secondary N) is 1. The lowest BCUT2D eigenvalue weighted by atomic mass is 10.2. The summed E-state index contributed by atoms with van der Waals surface area (Å²) in [4.78, 5) is 8.41. The first-order valence-electron chi connectivity index (χ1n) is 5.17. The Hall–Kier alpha value is -1.69. The average molecular weight is 250 g/mol. The highest BCUT2D eigenvalue weighted by Gasteiger charge is 2.09. The molecule has 0 amide bonds. The van der Waals surface area contributed by atoms with Crippen molar-refractivity contribution < 1.29 is 4.42 Å². The third-order valence-electron chi connectivity index (χ3n) is 2.24. The van der Waals surface area contributed by atoms with Crippen LogP contribution in [0.4, 0.5) is 11.6 Å². The van der Waals surface area contributed by atoms with Crippen molar-refractivity contribution >= 4 is 23.4 Å². The summed E-state index contributed by atoms with van der Waals surface area (Å²) in [6.45, 7) is 2.00. The summed E-state index contributed by atoms with van der Waals surface area (Å²) in [5.74, 6) is 2.01. The van der Waals surface area contributed by atoms with Crippen LogP contribution in [0.25, 0.3) is 0 Å². The molecule has 0 radical (unpaired) electrons. The fourth-order valence-electron chi connectivity index (χ4n) is 1.44. The lowest BCUT2D eigenvalue weighted by Crippen LogP contribution is -2.08. The number of nitrogen functional groups attached to an aromatic ring is 1. The predicted octanol–water partition coefficient (Wildman–Crippen LogP) is 2.55. The molecule has 0 bridgehead atoms. The number of rotatable bonds is 4. The van der Waals surface area contributed by atoms with E-state index in [9.17, 15) is 0 Å². The van der Waals surface area contributed by atoms with Crippen LogP contribution in [0.15, 0.2) is 34.0 Å². The monoisotopic (exact) mass is 250 g/mol. The molecule has 3 N–H and O–H groups in total. The van der Waals surface area contributed by atoms with Crippen molar-refractivity contribution in [2.75, 3.05) is 17.3 Å². The number of thioether (sulfide) groups is 1. The normalized spacial score (nSPS) is 12.4. The van der Waals surface area contributed by atoms with Gasteiger partial charge in [-0.15, -0.1) is 0 Å². The highest BCUT2D eigenvalue weighted by Crippen LogP contribution is 2.21. The van der Waals surface area contributed by atoms with Crippen LogP contribution in [0, 0.1) is 0 Å². The van der Waals surface area contributed by atoms with E-state index in [0.717, 1.165) is 5.76 Å². The third kappa shape index (κ3) is 2.91. The number of nitrogens with zero attached hydrogens (tertiary/aromatic N) is 2. The lowest BCUT2D eigenvalue weighted by Gasteiger charge is -2.12. The zero-order valence-electron chi connectivity index (χ0n) is 9.68. The van der Waals surface area contributed by atoms with Crippen LogP contribution in [0.1, 0.15) is 18.7 Å². The standard InChI is InChI=1S/C11H14N4OS/c1-7(8-4-3-5-16-8)13-10-6-9(12)14-11(15-10)17-2/h3-7H,1-2H3,(H3,12,13,14,15). The molecule has 0 aliphatic heterocycles. The van der Waals surface area contributed by atoms with Crippen LogP contribution in [0.3, 0.4) is 0 Å². The van der Waals surface area contributed by atoms with Crippen molar-refractivity contribution in [1.29, 1.82) is 0 Å². The van der Waals surface area contributed by atoms with Gasteiger partial charge in [0.15, 0.2) is 5.16 Å². The second kappa shape index (κ2) is 5.09. The zero-order valence-corrected chi connectivity index (χ0v) is 10.5. The van der Waals surface area contributed by atoms with E-state index in [2.05, 4.69) is 15.3 Å². The summed E-state index contributed by atoms with van der Waals surface area (Å²) in [5.41, 5.74) is 5.70. The summed E-state index contributed by atoms with van der Waals surface area (Å²) in [6.07, 6.45) is 3.56. The maximum Gasteiger partial charge on any atom is 0.191 e. The van der Waals surface area contributed by atoms with Crippen molar-refractivity contribution in [3.63, 3.8) is 0 Å². The number of nitrogens with two attached hydrogens (primary N) is 1. The van der Waals surface area contributed by atoms with Gasteiger partial charge < -0.3 is 15.5 Å². The highest BCUT2D eigenvalue weighted by molar-refractivity contribution is 7.98. The summed E-state index contributed by atoms with van der Waals surface area (Å²) in [6, 6.07) is 5.51. The lowest BCUT2D eigenvalue weighted by molar-refractivity contribution is 0.490. The van der Waals surface area contributed by atoms with Crippen LogP contribution in [-0.2, 0) is 0 Å². The molecule has 2 rings (SSSR count). The maximum atomic E-state index is 5.70. The van der Waals surface area contributed by atoms with Gasteiger partial charge in [-0.1, -0.05) is 11.8 Å². The van der Waals surface area contributed by atoms with Gasteiger partial charge in [0, 0.05) is 6.07 Å². The van der Waals surface area contributed by atoms with Gasteiger partial charge in [0.25, 0.3) is 0 Å². The molecule has 0 aliphatic carbocycles. The highest BCUT2D eigenvalue weighted by atomic mass is 32.2. The first-order chi connectivity index (χ1) is 8.19. The number of aromatic nitrogens is 2. The number of furan rings is 1. The summed E-state index contributed by atoms with van der Waals surface area (Å²) in [5, 5.41) is 3.87. The summed E-state index contributed by atoms with van der Waals surface area (Å²) >= 11 is 1.46. The summed E-state index contributed by atoms with van der Waals surface area (Å²) < 4.78 is 5.31. The second-order valence-corrected chi connectivity index (χ2v) is 4.32. The van der Waals surface area contributed by atoms with Gasteiger partial charge >= 0.3 is 0 Å². The van der Waals surface area contributed by atoms with Gasteiger partial charge in [0.2, 0.25) is 0 Å². The van der Waals surface area contributed by atoms with E-state index < -0.39 is 0 Å². The van der Waals surface area contributed by atoms with E-state index in [-0.39, 0.29) is 6.04 Å². The van der Waals surface area contributed by atoms with Gasteiger partial charge in [-0.2, -0.15) is 0 Å². The zero-order chi connectivity index (χ0) is 12.3. The predicted molar refractivity (Wildman–Crippen MR) is 69.0 cm³/mol. The quantitative estimate of drug-likeness (QED) is 0.641. The molecular formula is C11H14N4OS. The Balaban J connectivity index is 2.15. The van der Waals surface area contributed by atoms with Gasteiger partial charge in [-0.3, -0.25) is 0 Å². The molecular weight excluding hydrogens is 236 g/mol. The van der Waals surface area contributed by atoms with Gasteiger partial charge in [0.1, 0.15) is 17.4 Å². The molecule has 0 aromatic carbocycles. The maximum absolute atomic E-state index is 5.70. The Morgan fingerprint density at radius 3 is 2.94 bits per heavy atom. The Kier molecular flexibility index (Phi) is 3.53. The molecule has 2 heterocycles. The number of hydrogen-bond acceptors (Lipinski definition) is 6. The minimum absolute atomic E-state index is 0.0361.